The zero-order valence-corrected chi connectivity index (χ0v) is 14.4. The lowest BCUT2D eigenvalue weighted by atomic mass is 10.1. The van der Waals surface area contributed by atoms with Gasteiger partial charge in [-0.1, -0.05) is 30.3 Å². The van der Waals surface area contributed by atoms with Gasteiger partial charge in [0.25, 0.3) is 0 Å². The topological polar surface area (TPSA) is 43.8 Å². The third-order valence-corrected chi connectivity index (χ3v) is 4.68. The molecule has 2 aromatic carbocycles. The Labute approximate surface area is 147 Å². The molecule has 4 nitrogen and oxygen atoms in total. The number of nitrogens with zero attached hydrogens (tertiary/aromatic N) is 2. The van der Waals surface area contributed by atoms with Crippen LogP contribution in [0, 0.1) is 5.82 Å². The van der Waals surface area contributed by atoms with E-state index in [1.54, 1.807) is 12.1 Å². The molecule has 0 unspecified atom stereocenters. The van der Waals surface area contributed by atoms with Crippen LogP contribution < -0.4 is 4.90 Å². The minimum absolute atomic E-state index is 0.134. The van der Waals surface area contributed by atoms with E-state index in [0.717, 1.165) is 18.7 Å². The normalized spacial score (nSPS) is 16.7. The summed E-state index contributed by atoms with van der Waals surface area (Å²) in [7, 11) is 0. The third kappa shape index (κ3) is 4.24. The summed E-state index contributed by atoms with van der Waals surface area (Å²) < 4.78 is 14.3. The van der Waals surface area contributed by atoms with Gasteiger partial charge in [-0.2, -0.15) is 0 Å². The number of hydrogen-bond donors (Lipinski definition) is 1. The van der Waals surface area contributed by atoms with E-state index in [-0.39, 0.29) is 11.6 Å². The first-order valence-electron chi connectivity index (χ1n) is 8.55. The molecular formula is C20H23FN2O2. The van der Waals surface area contributed by atoms with E-state index in [1.165, 1.54) is 13.0 Å². The van der Waals surface area contributed by atoms with Crippen molar-refractivity contribution in [3.05, 3.63) is 65.5 Å². The van der Waals surface area contributed by atoms with Crippen molar-refractivity contribution in [2.45, 2.75) is 13.0 Å². The molecule has 1 saturated heterocycles. The maximum Gasteiger partial charge on any atom is 0.159 e. The molecule has 3 rings (SSSR count). The van der Waals surface area contributed by atoms with Crippen LogP contribution in [0.3, 0.4) is 0 Å². The van der Waals surface area contributed by atoms with Crippen molar-refractivity contribution in [2.75, 3.05) is 37.6 Å². The molecule has 1 fully saturated rings. The molecule has 25 heavy (non-hydrogen) atoms. The summed E-state index contributed by atoms with van der Waals surface area (Å²) >= 11 is 0. The van der Waals surface area contributed by atoms with Crippen molar-refractivity contribution in [1.82, 2.24) is 4.90 Å². The second-order valence-electron chi connectivity index (χ2n) is 6.44. The van der Waals surface area contributed by atoms with Crippen LogP contribution in [0.5, 0.6) is 0 Å². The summed E-state index contributed by atoms with van der Waals surface area (Å²) in [4.78, 5) is 15.5. The number of aliphatic hydroxyl groups excluding tert-OH is 1. The summed E-state index contributed by atoms with van der Waals surface area (Å²) in [6.07, 6.45) is -0.515. The van der Waals surface area contributed by atoms with Crippen molar-refractivity contribution >= 4 is 11.5 Å². The Bertz CT molecular complexity index is 728. The van der Waals surface area contributed by atoms with Crippen LogP contribution in [-0.2, 0) is 0 Å². The van der Waals surface area contributed by atoms with E-state index in [0.29, 0.717) is 30.9 Å². The maximum atomic E-state index is 14.3. The lowest BCUT2D eigenvalue weighted by Crippen LogP contribution is -2.47. The van der Waals surface area contributed by atoms with Crippen molar-refractivity contribution in [3.8, 4) is 0 Å². The number of ketones is 1. The van der Waals surface area contributed by atoms with E-state index in [9.17, 15) is 14.3 Å². The van der Waals surface area contributed by atoms with Gasteiger partial charge in [0, 0.05) is 38.3 Å². The fourth-order valence-corrected chi connectivity index (χ4v) is 3.18. The SMILES string of the molecule is CC(=O)c1ccc(N2CCN(C[C@H](O)c3ccccc3)CC2)c(F)c1. The smallest absolute Gasteiger partial charge is 0.159 e. The first kappa shape index (κ1) is 17.6. The number of halogens is 1. The number of β-amino-alcohol motifs (C(OH)–C–C–N with tert-alkyl or cyclic N) is 1. The largest absolute Gasteiger partial charge is 0.387 e. The van der Waals surface area contributed by atoms with Gasteiger partial charge in [0.05, 0.1) is 11.8 Å². The molecule has 1 aliphatic heterocycles. The number of carbonyl (C=O) groups is 1. The van der Waals surface area contributed by atoms with Crippen LogP contribution >= 0.6 is 0 Å². The molecule has 1 atom stereocenters. The highest BCUT2D eigenvalue weighted by Gasteiger charge is 2.22. The van der Waals surface area contributed by atoms with E-state index in [2.05, 4.69) is 4.90 Å². The Morgan fingerprint density at radius 1 is 1.12 bits per heavy atom. The van der Waals surface area contributed by atoms with Gasteiger partial charge < -0.3 is 10.0 Å². The fourth-order valence-electron chi connectivity index (χ4n) is 3.18. The Kier molecular flexibility index (Phi) is 5.46. The van der Waals surface area contributed by atoms with Crippen LogP contribution in [0.25, 0.3) is 0 Å². The predicted octanol–water partition coefficient (Wildman–Crippen LogP) is 2.88. The highest BCUT2D eigenvalue weighted by atomic mass is 19.1. The maximum absolute atomic E-state index is 14.3. The monoisotopic (exact) mass is 342 g/mol. The Morgan fingerprint density at radius 3 is 2.40 bits per heavy atom. The van der Waals surface area contributed by atoms with Gasteiger partial charge in [0.2, 0.25) is 0 Å². The molecule has 0 aliphatic carbocycles. The number of anilines is 1. The summed E-state index contributed by atoms with van der Waals surface area (Å²) in [5.74, 6) is -0.490. The van der Waals surface area contributed by atoms with Gasteiger partial charge in [-0.15, -0.1) is 0 Å². The Morgan fingerprint density at radius 2 is 1.80 bits per heavy atom. The van der Waals surface area contributed by atoms with Gasteiger partial charge in [-0.25, -0.2) is 4.39 Å². The summed E-state index contributed by atoms with van der Waals surface area (Å²) in [6, 6.07) is 14.3. The van der Waals surface area contributed by atoms with E-state index >= 15 is 0 Å². The Hall–Kier alpha value is -2.24. The highest BCUT2D eigenvalue weighted by molar-refractivity contribution is 5.94. The van der Waals surface area contributed by atoms with Crippen LogP contribution in [0.4, 0.5) is 10.1 Å². The second kappa shape index (κ2) is 7.76. The zero-order valence-electron chi connectivity index (χ0n) is 14.4. The average Bonchev–Trinajstić information content (AvgIpc) is 2.63. The third-order valence-electron chi connectivity index (χ3n) is 4.68. The molecule has 0 saturated carbocycles. The molecule has 2 aromatic rings. The van der Waals surface area contributed by atoms with Crippen molar-refractivity contribution in [1.29, 1.82) is 0 Å². The molecule has 0 amide bonds. The van der Waals surface area contributed by atoms with Crippen molar-refractivity contribution in [3.63, 3.8) is 0 Å². The minimum atomic E-state index is -0.515. The average molecular weight is 342 g/mol. The summed E-state index contributed by atoms with van der Waals surface area (Å²) in [6.45, 7) is 4.92. The van der Waals surface area contributed by atoms with Gasteiger partial charge in [-0.05, 0) is 30.7 Å². The minimum Gasteiger partial charge on any atom is -0.387 e. The van der Waals surface area contributed by atoms with Gasteiger partial charge in [0.1, 0.15) is 5.82 Å². The number of carbonyl (C=O) groups excluding carboxylic acids is 1. The van der Waals surface area contributed by atoms with E-state index < -0.39 is 6.10 Å². The van der Waals surface area contributed by atoms with Crippen LogP contribution in [0.2, 0.25) is 0 Å². The standard InChI is InChI=1S/C20H23FN2O2/c1-15(24)17-7-8-19(18(21)13-17)23-11-9-22(10-12-23)14-20(25)16-5-3-2-4-6-16/h2-8,13,20,25H,9-12,14H2,1H3/t20-/m0/s1. The molecule has 1 heterocycles. The van der Waals surface area contributed by atoms with Crippen LogP contribution in [-0.4, -0.2) is 48.5 Å². The molecule has 1 aliphatic rings. The molecule has 5 heteroatoms. The van der Waals surface area contributed by atoms with Gasteiger partial charge in [-0.3, -0.25) is 9.69 Å². The number of aliphatic hydroxyl groups is 1. The number of Topliss-reactive ketones (excluding diaryl/α,β-unsaturated/α-hetero) is 1. The van der Waals surface area contributed by atoms with Crippen molar-refractivity contribution < 1.29 is 14.3 Å². The molecular weight excluding hydrogens is 319 g/mol. The molecule has 1 N–H and O–H groups in total. The molecule has 0 bridgehead atoms. The van der Waals surface area contributed by atoms with E-state index in [1.807, 2.05) is 35.2 Å². The van der Waals surface area contributed by atoms with Crippen molar-refractivity contribution in [2.24, 2.45) is 0 Å². The van der Waals surface area contributed by atoms with Crippen LogP contribution in [0.1, 0.15) is 28.9 Å². The lowest BCUT2D eigenvalue weighted by Gasteiger charge is -2.37. The second-order valence-corrected chi connectivity index (χ2v) is 6.44. The predicted molar refractivity (Wildman–Crippen MR) is 96.5 cm³/mol. The first-order chi connectivity index (χ1) is 12.0. The molecule has 132 valence electrons. The quantitative estimate of drug-likeness (QED) is 0.849. The Balaban J connectivity index is 1.58. The van der Waals surface area contributed by atoms with Gasteiger partial charge >= 0.3 is 0 Å². The molecule has 0 radical (unpaired) electrons. The number of piperazine rings is 1. The molecule has 0 spiro atoms. The molecule has 0 aromatic heterocycles. The van der Waals surface area contributed by atoms with Crippen LogP contribution in [0.15, 0.2) is 48.5 Å². The number of rotatable bonds is 5. The fraction of sp³-hybridized carbons (Fsp3) is 0.350. The zero-order chi connectivity index (χ0) is 17.8. The summed E-state index contributed by atoms with van der Waals surface area (Å²) in [5.41, 5.74) is 1.84. The van der Waals surface area contributed by atoms with E-state index in [4.69, 9.17) is 0 Å². The number of hydrogen-bond acceptors (Lipinski definition) is 4. The summed E-state index contributed by atoms with van der Waals surface area (Å²) in [5, 5.41) is 10.3. The number of benzene rings is 2. The highest BCUT2D eigenvalue weighted by Crippen LogP contribution is 2.23. The first-order valence-corrected chi connectivity index (χ1v) is 8.55. The van der Waals surface area contributed by atoms with Gasteiger partial charge in [0.15, 0.2) is 5.78 Å². The lowest BCUT2D eigenvalue weighted by molar-refractivity contribution is 0.101.